The Morgan fingerprint density at radius 1 is 1.24 bits per heavy atom. The predicted octanol–water partition coefficient (Wildman–Crippen LogP) is 3.20. The molecule has 1 saturated carbocycles. The molecule has 4 rings (SSSR count). The molecule has 1 aromatic heterocycles. The molecular formula is C17H19N3O. The fourth-order valence-electron chi connectivity index (χ4n) is 3.17. The Bertz CT molecular complexity index is 672. The van der Waals surface area contributed by atoms with Gasteiger partial charge in [-0.3, -0.25) is 4.79 Å². The third-order valence-electron chi connectivity index (χ3n) is 4.42. The molecule has 4 nitrogen and oxygen atoms in total. The molecule has 0 N–H and O–H groups in total. The maximum atomic E-state index is 12.2. The maximum absolute atomic E-state index is 12.2. The molecule has 1 fully saturated rings. The second-order valence-corrected chi connectivity index (χ2v) is 5.99. The van der Waals surface area contributed by atoms with Crippen LogP contribution in [-0.2, 0) is 6.54 Å². The summed E-state index contributed by atoms with van der Waals surface area (Å²) in [5, 5.41) is 0. The van der Waals surface area contributed by atoms with E-state index in [1.807, 2.05) is 30.7 Å². The molecule has 1 aliphatic carbocycles. The van der Waals surface area contributed by atoms with Gasteiger partial charge < -0.3 is 9.47 Å². The number of hydrogen-bond acceptors (Lipinski definition) is 3. The van der Waals surface area contributed by atoms with E-state index in [1.165, 1.54) is 18.5 Å². The fourth-order valence-corrected chi connectivity index (χ4v) is 3.17. The van der Waals surface area contributed by atoms with Crippen molar-refractivity contribution in [1.82, 2.24) is 9.55 Å². The molecule has 108 valence electrons. The van der Waals surface area contributed by atoms with Crippen LogP contribution in [0.1, 0.15) is 47.8 Å². The van der Waals surface area contributed by atoms with Crippen LogP contribution in [0.3, 0.4) is 0 Å². The first-order valence-corrected chi connectivity index (χ1v) is 7.71. The molecule has 2 aromatic rings. The zero-order chi connectivity index (χ0) is 14.2. The van der Waals surface area contributed by atoms with Gasteiger partial charge in [-0.15, -0.1) is 0 Å². The summed E-state index contributed by atoms with van der Waals surface area (Å²) in [6.07, 6.45) is 8.01. The molecule has 0 bridgehead atoms. The lowest BCUT2D eigenvalue weighted by Crippen LogP contribution is -2.25. The molecule has 0 amide bonds. The van der Waals surface area contributed by atoms with Crippen molar-refractivity contribution in [3.05, 3.63) is 48.0 Å². The summed E-state index contributed by atoms with van der Waals surface area (Å²) in [4.78, 5) is 18.8. The summed E-state index contributed by atoms with van der Waals surface area (Å²) in [6, 6.07) is 8.63. The summed E-state index contributed by atoms with van der Waals surface area (Å²) in [6.45, 7) is 1.76. The molecule has 0 radical (unpaired) electrons. The Morgan fingerprint density at radius 2 is 2.10 bits per heavy atom. The van der Waals surface area contributed by atoms with E-state index in [-0.39, 0.29) is 5.78 Å². The number of carbonyl (C=O) groups excluding carboxylic acids is 1. The number of imidazole rings is 1. The van der Waals surface area contributed by atoms with Crippen LogP contribution in [0.4, 0.5) is 5.69 Å². The van der Waals surface area contributed by atoms with E-state index >= 15 is 0 Å². The van der Waals surface area contributed by atoms with E-state index in [0.29, 0.717) is 12.5 Å². The number of fused-ring (bicyclic) bond motifs is 1. The number of hydrogen-bond donors (Lipinski definition) is 0. The van der Waals surface area contributed by atoms with Crippen LogP contribution in [0.15, 0.2) is 36.8 Å². The highest BCUT2D eigenvalue weighted by Gasteiger charge is 2.27. The number of carbonyl (C=O) groups is 1. The molecule has 1 aliphatic heterocycles. The minimum Gasteiger partial charge on any atom is -0.365 e. The average molecular weight is 281 g/mol. The Kier molecular flexibility index (Phi) is 3.02. The van der Waals surface area contributed by atoms with Crippen LogP contribution in [0.25, 0.3) is 0 Å². The SMILES string of the molecule is O=C1CCCN(Cc2cncn2C2CC2)c2ccccc21. The quantitative estimate of drug-likeness (QED) is 0.867. The first kappa shape index (κ1) is 12.6. The van der Waals surface area contributed by atoms with Gasteiger partial charge in [-0.25, -0.2) is 4.98 Å². The highest BCUT2D eigenvalue weighted by molar-refractivity contribution is 6.01. The normalized spacial score (nSPS) is 18.5. The Hall–Kier alpha value is -2.10. The Balaban J connectivity index is 1.66. The monoisotopic (exact) mass is 281 g/mol. The topological polar surface area (TPSA) is 38.1 Å². The Labute approximate surface area is 124 Å². The maximum Gasteiger partial charge on any atom is 0.165 e. The first-order valence-electron chi connectivity index (χ1n) is 7.71. The molecule has 2 aliphatic rings. The van der Waals surface area contributed by atoms with E-state index in [2.05, 4.69) is 20.5 Å². The molecule has 0 atom stereocenters. The van der Waals surface area contributed by atoms with Gasteiger partial charge in [-0.1, -0.05) is 12.1 Å². The van der Waals surface area contributed by atoms with Crippen molar-refractivity contribution < 1.29 is 4.79 Å². The number of benzene rings is 1. The third-order valence-corrected chi connectivity index (χ3v) is 4.42. The van der Waals surface area contributed by atoms with Gasteiger partial charge >= 0.3 is 0 Å². The zero-order valence-corrected chi connectivity index (χ0v) is 12.0. The third kappa shape index (κ3) is 2.35. The van der Waals surface area contributed by atoms with Crippen LogP contribution >= 0.6 is 0 Å². The molecule has 0 spiro atoms. The number of rotatable bonds is 3. The van der Waals surface area contributed by atoms with Crippen molar-refractivity contribution in [2.75, 3.05) is 11.4 Å². The lowest BCUT2D eigenvalue weighted by Gasteiger charge is -2.25. The zero-order valence-electron chi connectivity index (χ0n) is 12.0. The molecule has 1 aromatic carbocycles. The predicted molar refractivity (Wildman–Crippen MR) is 81.6 cm³/mol. The highest BCUT2D eigenvalue weighted by Crippen LogP contribution is 2.36. The number of para-hydroxylation sites is 1. The van der Waals surface area contributed by atoms with Crippen LogP contribution in [0, 0.1) is 0 Å². The molecule has 4 heteroatoms. The van der Waals surface area contributed by atoms with Crippen molar-refractivity contribution >= 4 is 11.5 Å². The van der Waals surface area contributed by atoms with Crippen LogP contribution in [0.5, 0.6) is 0 Å². The molecule has 21 heavy (non-hydrogen) atoms. The van der Waals surface area contributed by atoms with Gasteiger partial charge in [0, 0.05) is 36.5 Å². The Morgan fingerprint density at radius 3 is 2.95 bits per heavy atom. The highest BCUT2D eigenvalue weighted by atomic mass is 16.1. The second-order valence-electron chi connectivity index (χ2n) is 5.99. The minimum atomic E-state index is 0.267. The molecule has 0 saturated heterocycles. The fraction of sp³-hybridized carbons (Fsp3) is 0.412. The van der Waals surface area contributed by atoms with Crippen molar-refractivity contribution in [3.63, 3.8) is 0 Å². The largest absolute Gasteiger partial charge is 0.365 e. The lowest BCUT2D eigenvalue weighted by atomic mass is 10.1. The van der Waals surface area contributed by atoms with Crippen molar-refractivity contribution in [1.29, 1.82) is 0 Å². The molecular weight excluding hydrogens is 262 g/mol. The van der Waals surface area contributed by atoms with Crippen molar-refractivity contribution in [2.24, 2.45) is 0 Å². The van der Waals surface area contributed by atoms with Gasteiger partial charge in [0.1, 0.15) is 0 Å². The van der Waals surface area contributed by atoms with Gasteiger partial charge in [0.25, 0.3) is 0 Å². The van der Waals surface area contributed by atoms with Crippen molar-refractivity contribution in [2.45, 2.75) is 38.3 Å². The second kappa shape index (κ2) is 5.02. The van der Waals surface area contributed by atoms with Gasteiger partial charge in [-0.2, -0.15) is 0 Å². The van der Waals surface area contributed by atoms with Crippen LogP contribution < -0.4 is 4.90 Å². The smallest absolute Gasteiger partial charge is 0.165 e. The summed E-state index contributed by atoms with van der Waals surface area (Å²) in [5.74, 6) is 0.267. The summed E-state index contributed by atoms with van der Waals surface area (Å²) >= 11 is 0. The van der Waals surface area contributed by atoms with Gasteiger partial charge in [0.05, 0.1) is 18.6 Å². The number of nitrogens with zero attached hydrogens (tertiary/aromatic N) is 3. The van der Waals surface area contributed by atoms with Gasteiger partial charge in [0.2, 0.25) is 0 Å². The number of aromatic nitrogens is 2. The minimum absolute atomic E-state index is 0.267. The van der Waals surface area contributed by atoms with Gasteiger partial charge in [0.15, 0.2) is 5.78 Å². The average Bonchev–Trinajstić information content (AvgIpc) is 3.27. The number of ketones is 1. The van der Waals surface area contributed by atoms with E-state index < -0.39 is 0 Å². The van der Waals surface area contributed by atoms with E-state index in [9.17, 15) is 4.79 Å². The van der Waals surface area contributed by atoms with Gasteiger partial charge in [-0.05, 0) is 31.4 Å². The summed E-state index contributed by atoms with van der Waals surface area (Å²) < 4.78 is 2.30. The van der Waals surface area contributed by atoms with Crippen LogP contribution in [0.2, 0.25) is 0 Å². The summed E-state index contributed by atoms with van der Waals surface area (Å²) in [5.41, 5.74) is 3.19. The van der Waals surface area contributed by atoms with E-state index in [0.717, 1.165) is 30.8 Å². The number of anilines is 1. The lowest BCUT2D eigenvalue weighted by molar-refractivity contribution is 0.0984. The first-order chi connectivity index (χ1) is 10.3. The van der Waals surface area contributed by atoms with E-state index in [4.69, 9.17) is 0 Å². The number of Topliss-reactive ketones (excluding diaryl/α,β-unsaturated/α-hetero) is 1. The summed E-state index contributed by atoms with van der Waals surface area (Å²) in [7, 11) is 0. The standard InChI is InChI=1S/C17H19N3O/c21-17-6-3-9-19(16-5-2-1-4-15(16)17)11-14-10-18-12-20(14)13-7-8-13/h1-2,4-5,10,12-13H,3,6-9,11H2. The molecule has 2 heterocycles. The van der Waals surface area contributed by atoms with E-state index in [1.54, 1.807) is 0 Å². The van der Waals surface area contributed by atoms with Crippen molar-refractivity contribution in [3.8, 4) is 0 Å². The molecule has 0 unspecified atom stereocenters. The van der Waals surface area contributed by atoms with Crippen LogP contribution in [-0.4, -0.2) is 21.9 Å².